The lowest BCUT2D eigenvalue weighted by Gasteiger charge is -2.42. The molecule has 2 aliphatic carbocycles. The van der Waals surface area contributed by atoms with Gasteiger partial charge in [-0.2, -0.15) is 0 Å². The monoisotopic (exact) mass is 362 g/mol. The molecule has 1 unspecified atom stereocenters. The minimum absolute atomic E-state index is 0.241. The standard InChI is InChI=1S/C22H20NO2S/c24-26(25,18-10-2-1-3-11-18)23-21-13-7-6-12-19(21)20-14-16-8-4-5-9-17(16)15-22(20)23/h1-3,6-7,10-15,22H,4-5,8-9H2. The van der Waals surface area contributed by atoms with Crippen molar-refractivity contribution >= 4 is 15.7 Å². The molecule has 0 bridgehead atoms. The first kappa shape index (κ1) is 16.4. The van der Waals surface area contributed by atoms with Gasteiger partial charge < -0.3 is 0 Å². The van der Waals surface area contributed by atoms with Crippen LogP contribution in [0.25, 0.3) is 0 Å². The van der Waals surface area contributed by atoms with Crippen molar-refractivity contribution in [1.29, 1.82) is 0 Å². The third-order valence-corrected chi connectivity index (χ3v) is 7.38. The molecule has 3 nitrogen and oxygen atoms in total. The molecular weight excluding hydrogens is 342 g/mol. The predicted octanol–water partition coefficient (Wildman–Crippen LogP) is 4.33. The van der Waals surface area contributed by atoms with Gasteiger partial charge >= 0.3 is 0 Å². The number of fused-ring (bicyclic) bond motifs is 4. The summed E-state index contributed by atoms with van der Waals surface area (Å²) in [6, 6.07) is 16.4. The van der Waals surface area contributed by atoms with Crippen LogP contribution in [0.15, 0.2) is 59.5 Å². The van der Waals surface area contributed by atoms with Crippen LogP contribution in [0.5, 0.6) is 0 Å². The van der Waals surface area contributed by atoms with Crippen LogP contribution in [0.1, 0.15) is 31.2 Å². The summed E-state index contributed by atoms with van der Waals surface area (Å²) in [5, 5.41) is 0. The van der Waals surface area contributed by atoms with Crippen molar-refractivity contribution in [2.45, 2.75) is 36.6 Å². The Morgan fingerprint density at radius 2 is 1.54 bits per heavy atom. The van der Waals surface area contributed by atoms with E-state index < -0.39 is 10.0 Å². The molecule has 0 spiro atoms. The Bertz CT molecular complexity index is 909. The summed E-state index contributed by atoms with van der Waals surface area (Å²) in [6.45, 7) is 0. The fourth-order valence-corrected chi connectivity index (χ4v) is 5.96. The number of para-hydroxylation sites is 1. The van der Waals surface area contributed by atoms with Gasteiger partial charge in [-0.3, -0.25) is 4.31 Å². The maximum atomic E-state index is 13.5. The van der Waals surface area contributed by atoms with Gasteiger partial charge in [0.05, 0.1) is 16.6 Å². The molecule has 5 rings (SSSR count). The molecule has 2 fully saturated rings. The van der Waals surface area contributed by atoms with Gasteiger partial charge in [0.15, 0.2) is 0 Å². The van der Waals surface area contributed by atoms with Crippen LogP contribution in [0, 0.1) is 30.6 Å². The average molecular weight is 362 g/mol. The van der Waals surface area contributed by atoms with Crippen molar-refractivity contribution in [2.24, 2.45) is 0 Å². The van der Waals surface area contributed by atoms with Gasteiger partial charge in [-0.05, 0) is 61.3 Å². The van der Waals surface area contributed by atoms with E-state index in [0.29, 0.717) is 4.90 Å². The molecule has 1 heterocycles. The van der Waals surface area contributed by atoms with Crippen molar-refractivity contribution in [3.63, 3.8) is 0 Å². The second-order valence-corrected chi connectivity index (χ2v) is 8.91. The smallest absolute Gasteiger partial charge is 0.262 e. The molecule has 1 atom stereocenters. The molecule has 0 amide bonds. The molecule has 2 saturated carbocycles. The van der Waals surface area contributed by atoms with Crippen molar-refractivity contribution in [3.8, 4) is 0 Å². The SMILES string of the molecule is O=S(=O)(c1ccccc1)N1c2ccccc2[C]2[CH][C]3CCCC[C]3[CH]C21. The zero-order chi connectivity index (χ0) is 17.7. The predicted molar refractivity (Wildman–Crippen MR) is 102 cm³/mol. The highest BCUT2D eigenvalue weighted by Gasteiger charge is 2.51. The summed E-state index contributed by atoms with van der Waals surface area (Å²) in [6.07, 6.45) is 8.97. The summed E-state index contributed by atoms with van der Waals surface area (Å²) in [4.78, 5) is 0.341. The molecule has 0 aromatic heterocycles. The summed E-state index contributed by atoms with van der Waals surface area (Å²) in [7, 11) is -3.62. The Balaban J connectivity index is 1.61. The molecule has 0 N–H and O–H groups in total. The second-order valence-electron chi connectivity index (χ2n) is 7.10. The first-order valence-corrected chi connectivity index (χ1v) is 10.6. The minimum atomic E-state index is -3.62. The van der Waals surface area contributed by atoms with Crippen molar-refractivity contribution in [3.05, 3.63) is 90.8 Å². The molecule has 26 heavy (non-hydrogen) atoms. The number of rotatable bonds is 2. The number of hydrogen-bond donors (Lipinski definition) is 0. The highest BCUT2D eigenvalue weighted by molar-refractivity contribution is 7.93. The number of anilines is 1. The molecular formula is C22H20NO2S. The van der Waals surface area contributed by atoms with Crippen LogP contribution in [-0.4, -0.2) is 14.5 Å². The zero-order valence-corrected chi connectivity index (χ0v) is 15.2. The molecule has 2 aromatic rings. The molecule has 2 aromatic carbocycles. The van der Waals surface area contributed by atoms with Crippen molar-refractivity contribution in [1.82, 2.24) is 0 Å². The van der Waals surface area contributed by atoms with Crippen LogP contribution >= 0.6 is 0 Å². The summed E-state index contributed by atoms with van der Waals surface area (Å²) >= 11 is 0. The van der Waals surface area contributed by atoms with Gasteiger partial charge in [0.25, 0.3) is 10.0 Å². The van der Waals surface area contributed by atoms with Crippen LogP contribution < -0.4 is 4.31 Å². The van der Waals surface area contributed by atoms with Gasteiger partial charge in [0.2, 0.25) is 0 Å². The quantitative estimate of drug-likeness (QED) is 0.797. The van der Waals surface area contributed by atoms with E-state index in [1.54, 1.807) is 28.6 Å². The van der Waals surface area contributed by atoms with Crippen molar-refractivity contribution in [2.75, 3.05) is 4.31 Å². The van der Waals surface area contributed by atoms with Crippen molar-refractivity contribution < 1.29 is 8.42 Å². The van der Waals surface area contributed by atoms with Gasteiger partial charge in [0.1, 0.15) is 0 Å². The summed E-state index contributed by atoms with van der Waals surface area (Å²) < 4.78 is 28.6. The number of nitrogens with zero attached hydrogens (tertiary/aromatic N) is 1. The van der Waals surface area contributed by atoms with Gasteiger partial charge in [-0.25, -0.2) is 8.42 Å². The molecule has 1 aliphatic heterocycles. The Morgan fingerprint density at radius 3 is 2.35 bits per heavy atom. The molecule has 0 saturated heterocycles. The van der Waals surface area contributed by atoms with E-state index >= 15 is 0 Å². The van der Waals surface area contributed by atoms with E-state index in [0.717, 1.165) is 30.0 Å². The lowest BCUT2D eigenvalue weighted by atomic mass is 9.65. The van der Waals surface area contributed by atoms with E-state index in [9.17, 15) is 8.42 Å². The Morgan fingerprint density at radius 1 is 0.846 bits per heavy atom. The molecule has 5 radical (unpaired) electrons. The first-order chi connectivity index (χ1) is 12.7. The molecule has 3 aliphatic rings. The third-order valence-electron chi connectivity index (χ3n) is 5.57. The van der Waals surface area contributed by atoms with E-state index in [4.69, 9.17) is 0 Å². The van der Waals surface area contributed by atoms with Crippen LogP contribution in [0.3, 0.4) is 0 Å². The lowest BCUT2D eigenvalue weighted by Crippen LogP contribution is -2.45. The highest BCUT2D eigenvalue weighted by Crippen LogP contribution is 2.55. The molecule has 131 valence electrons. The normalized spacial score (nSPS) is 24.2. The number of benzene rings is 2. The van der Waals surface area contributed by atoms with Crippen LogP contribution in [-0.2, 0) is 10.0 Å². The van der Waals surface area contributed by atoms with E-state index in [-0.39, 0.29) is 6.04 Å². The Kier molecular flexibility index (Phi) is 3.85. The maximum absolute atomic E-state index is 13.5. The zero-order valence-electron chi connectivity index (χ0n) is 14.4. The second kappa shape index (κ2) is 6.12. The van der Waals surface area contributed by atoms with Crippen LogP contribution in [0.2, 0.25) is 0 Å². The maximum Gasteiger partial charge on any atom is 0.264 e. The Hall–Kier alpha value is -1.81. The largest absolute Gasteiger partial charge is 0.264 e. The summed E-state index contributed by atoms with van der Waals surface area (Å²) in [5.74, 6) is 3.82. The van der Waals surface area contributed by atoms with E-state index in [2.05, 4.69) is 12.8 Å². The summed E-state index contributed by atoms with van der Waals surface area (Å²) in [5.41, 5.74) is 1.81. The van der Waals surface area contributed by atoms with E-state index in [1.165, 1.54) is 24.7 Å². The number of hydrogen-bond acceptors (Lipinski definition) is 2. The fraction of sp³-hybridized carbons (Fsp3) is 0.227. The van der Waals surface area contributed by atoms with Gasteiger partial charge in [0, 0.05) is 5.92 Å². The van der Waals surface area contributed by atoms with Gasteiger partial charge in [-0.1, -0.05) is 49.2 Å². The third kappa shape index (κ3) is 2.42. The topological polar surface area (TPSA) is 37.4 Å². The first-order valence-electron chi connectivity index (χ1n) is 9.14. The Labute approximate surface area is 156 Å². The number of sulfonamides is 1. The highest BCUT2D eigenvalue weighted by atomic mass is 32.2. The average Bonchev–Trinajstić information content (AvgIpc) is 3.01. The fourth-order valence-electron chi connectivity index (χ4n) is 4.34. The van der Waals surface area contributed by atoms with Crippen LogP contribution in [0.4, 0.5) is 5.69 Å². The molecule has 4 heteroatoms. The van der Waals surface area contributed by atoms with Gasteiger partial charge in [-0.15, -0.1) is 0 Å². The minimum Gasteiger partial charge on any atom is -0.262 e. The lowest BCUT2D eigenvalue weighted by molar-refractivity contribution is 0.540. The van der Waals surface area contributed by atoms with E-state index in [1.807, 2.05) is 30.3 Å².